The van der Waals surface area contributed by atoms with Gasteiger partial charge in [-0.1, -0.05) is 13.8 Å². The molecule has 0 amide bonds. The normalized spacial score (nSPS) is 12.0. The van der Waals surface area contributed by atoms with E-state index in [0.717, 1.165) is 0 Å². The molecule has 90 valence electrons. The highest BCUT2D eigenvalue weighted by molar-refractivity contribution is 7.89. The van der Waals surface area contributed by atoms with Gasteiger partial charge in [-0.05, 0) is 0 Å². The summed E-state index contributed by atoms with van der Waals surface area (Å²) >= 11 is 0. The molecule has 1 N–H and O–H groups in total. The molecule has 6 nitrogen and oxygen atoms in total. The van der Waals surface area contributed by atoms with Crippen LogP contribution in [0.4, 0.5) is 0 Å². The van der Waals surface area contributed by atoms with Crippen molar-refractivity contribution < 1.29 is 13.2 Å². The molecule has 16 heavy (non-hydrogen) atoms. The largest absolute Gasteiger partial charge is 0.298 e. The first-order chi connectivity index (χ1) is 7.33. The summed E-state index contributed by atoms with van der Waals surface area (Å²) in [5, 5.41) is 3.76. The third kappa shape index (κ3) is 3.14. The number of nitrogens with one attached hydrogen (secondary N) is 1. The fourth-order valence-electron chi connectivity index (χ4n) is 0.991. The maximum atomic E-state index is 11.7. The molecule has 0 spiro atoms. The second-order valence-electron chi connectivity index (χ2n) is 3.80. The number of aromatic nitrogens is 2. The first kappa shape index (κ1) is 12.9. The molecule has 0 saturated carbocycles. The minimum Gasteiger partial charge on any atom is -0.298 e. The number of hydrogen-bond donors (Lipinski definition) is 1. The number of rotatable bonds is 5. The van der Waals surface area contributed by atoms with Crippen LogP contribution in [0.5, 0.6) is 0 Å². The van der Waals surface area contributed by atoms with E-state index in [1.54, 1.807) is 20.9 Å². The van der Waals surface area contributed by atoms with Gasteiger partial charge in [-0.25, -0.2) is 13.1 Å². The summed E-state index contributed by atoms with van der Waals surface area (Å²) in [6.07, 6.45) is 2.62. The van der Waals surface area contributed by atoms with Gasteiger partial charge in [0.2, 0.25) is 10.0 Å². The second kappa shape index (κ2) is 4.75. The minimum absolute atomic E-state index is 0.0616. The van der Waals surface area contributed by atoms with Crippen LogP contribution in [-0.2, 0) is 21.9 Å². The van der Waals surface area contributed by atoms with Crippen LogP contribution < -0.4 is 4.72 Å². The van der Waals surface area contributed by atoms with Gasteiger partial charge < -0.3 is 0 Å². The van der Waals surface area contributed by atoms with E-state index in [1.165, 1.54) is 17.1 Å². The minimum atomic E-state index is -3.62. The highest BCUT2D eigenvalue weighted by atomic mass is 32.2. The Morgan fingerprint density at radius 2 is 2.19 bits per heavy atom. The van der Waals surface area contributed by atoms with Crippen molar-refractivity contribution >= 4 is 15.8 Å². The van der Waals surface area contributed by atoms with Crippen molar-refractivity contribution in [3.8, 4) is 0 Å². The Kier molecular flexibility index (Phi) is 3.82. The summed E-state index contributed by atoms with van der Waals surface area (Å²) in [5.74, 6) is -0.330. The Morgan fingerprint density at radius 1 is 1.56 bits per heavy atom. The lowest BCUT2D eigenvalue weighted by Gasteiger charge is -2.05. The maximum Gasteiger partial charge on any atom is 0.244 e. The summed E-state index contributed by atoms with van der Waals surface area (Å²) in [6, 6.07) is 0. The number of aryl methyl sites for hydroxylation is 1. The molecule has 0 saturated heterocycles. The number of carbonyl (C=O) groups excluding carboxylic acids is 1. The average molecular weight is 245 g/mol. The number of carbonyl (C=O) groups is 1. The molecular weight excluding hydrogens is 230 g/mol. The fraction of sp³-hybridized carbons (Fsp3) is 0.556. The van der Waals surface area contributed by atoms with Crippen molar-refractivity contribution in [2.45, 2.75) is 18.7 Å². The van der Waals surface area contributed by atoms with Crippen molar-refractivity contribution in [2.24, 2.45) is 13.0 Å². The highest BCUT2D eigenvalue weighted by Crippen LogP contribution is 2.05. The van der Waals surface area contributed by atoms with E-state index in [9.17, 15) is 13.2 Å². The van der Waals surface area contributed by atoms with Crippen LogP contribution in [0.15, 0.2) is 17.3 Å². The SMILES string of the molecule is CC(C)C(=O)CNS(=O)(=O)c1cnn(C)c1. The molecule has 0 atom stereocenters. The van der Waals surface area contributed by atoms with Crippen molar-refractivity contribution in [2.75, 3.05) is 6.54 Å². The zero-order valence-corrected chi connectivity index (χ0v) is 10.3. The zero-order valence-electron chi connectivity index (χ0n) is 9.47. The summed E-state index contributed by atoms with van der Waals surface area (Å²) in [4.78, 5) is 11.3. The van der Waals surface area contributed by atoms with E-state index in [4.69, 9.17) is 0 Å². The molecule has 1 rings (SSSR count). The van der Waals surface area contributed by atoms with Crippen LogP contribution in [0.25, 0.3) is 0 Å². The van der Waals surface area contributed by atoms with Gasteiger partial charge >= 0.3 is 0 Å². The molecule has 0 unspecified atom stereocenters. The average Bonchev–Trinajstić information content (AvgIpc) is 2.61. The number of sulfonamides is 1. The first-order valence-electron chi connectivity index (χ1n) is 4.84. The Morgan fingerprint density at radius 3 is 2.62 bits per heavy atom. The van der Waals surface area contributed by atoms with Gasteiger partial charge in [0.05, 0.1) is 12.7 Å². The van der Waals surface area contributed by atoms with Crippen LogP contribution >= 0.6 is 0 Å². The Hall–Kier alpha value is -1.21. The molecule has 0 aliphatic carbocycles. The van der Waals surface area contributed by atoms with Crippen LogP contribution in [0, 0.1) is 5.92 Å². The van der Waals surface area contributed by atoms with Gasteiger partial charge in [0, 0.05) is 19.2 Å². The summed E-state index contributed by atoms with van der Waals surface area (Å²) < 4.78 is 26.9. The van der Waals surface area contributed by atoms with Gasteiger partial charge in [0.25, 0.3) is 0 Å². The van der Waals surface area contributed by atoms with Crippen LogP contribution in [-0.4, -0.2) is 30.5 Å². The molecule has 1 heterocycles. The Bertz CT molecular complexity index is 476. The number of Topliss-reactive ketones (excluding diaryl/α,β-unsaturated/α-hetero) is 1. The van der Waals surface area contributed by atoms with Gasteiger partial charge in [-0.3, -0.25) is 9.48 Å². The van der Waals surface area contributed by atoms with E-state index in [2.05, 4.69) is 9.82 Å². The molecule has 1 aromatic heterocycles. The number of nitrogens with zero attached hydrogens (tertiary/aromatic N) is 2. The third-order valence-electron chi connectivity index (χ3n) is 2.07. The van der Waals surface area contributed by atoms with E-state index >= 15 is 0 Å². The quantitative estimate of drug-likeness (QED) is 0.787. The second-order valence-corrected chi connectivity index (χ2v) is 5.56. The van der Waals surface area contributed by atoms with E-state index in [0.29, 0.717) is 0 Å². The fourth-order valence-corrected chi connectivity index (χ4v) is 1.97. The lowest BCUT2D eigenvalue weighted by atomic mass is 10.1. The van der Waals surface area contributed by atoms with E-state index in [1.807, 2.05) is 0 Å². The smallest absolute Gasteiger partial charge is 0.244 e. The molecule has 0 aliphatic heterocycles. The first-order valence-corrected chi connectivity index (χ1v) is 6.32. The van der Waals surface area contributed by atoms with Crippen LogP contribution in [0.3, 0.4) is 0 Å². The summed E-state index contributed by atoms with van der Waals surface area (Å²) in [7, 11) is -2.00. The van der Waals surface area contributed by atoms with Crippen molar-refractivity contribution in [1.29, 1.82) is 0 Å². The lowest BCUT2D eigenvalue weighted by Crippen LogP contribution is -2.31. The van der Waals surface area contributed by atoms with Gasteiger partial charge in [-0.2, -0.15) is 5.10 Å². The highest BCUT2D eigenvalue weighted by Gasteiger charge is 2.18. The van der Waals surface area contributed by atoms with E-state index in [-0.39, 0.29) is 23.1 Å². The monoisotopic (exact) mass is 245 g/mol. The van der Waals surface area contributed by atoms with Gasteiger partial charge in [0.1, 0.15) is 10.7 Å². The maximum absolute atomic E-state index is 11.7. The zero-order chi connectivity index (χ0) is 12.3. The van der Waals surface area contributed by atoms with Gasteiger partial charge in [0.15, 0.2) is 0 Å². The Labute approximate surface area is 94.7 Å². The topological polar surface area (TPSA) is 81.1 Å². The molecular formula is C9H15N3O3S. The van der Waals surface area contributed by atoms with Crippen LogP contribution in [0.2, 0.25) is 0 Å². The standard InChI is InChI=1S/C9H15N3O3S/c1-7(2)9(13)5-11-16(14,15)8-4-10-12(3)6-8/h4,6-7,11H,5H2,1-3H3. The molecule has 7 heteroatoms. The summed E-state index contributed by atoms with van der Waals surface area (Å²) in [5.41, 5.74) is 0. The van der Waals surface area contributed by atoms with Crippen molar-refractivity contribution in [1.82, 2.24) is 14.5 Å². The van der Waals surface area contributed by atoms with Gasteiger partial charge in [-0.15, -0.1) is 0 Å². The van der Waals surface area contributed by atoms with Crippen molar-refractivity contribution in [3.63, 3.8) is 0 Å². The lowest BCUT2D eigenvalue weighted by molar-refractivity contribution is -0.120. The number of ketones is 1. The number of hydrogen-bond acceptors (Lipinski definition) is 4. The predicted molar refractivity (Wildman–Crippen MR) is 58.2 cm³/mol. The summed E-state index contributed by atoms with van der Waals surface area (Å²) in [6.45, 7) is 3.26. The molecule has 0 fully saturated rings. The molecule has 1 aromatic rings. The van der Waals surface area contributed by atoms with Crippen LogP contribution in [0.1, 0.15) is 13.8 Å². The third-order valence-corrected chi connectivity index (χ3v) is 3.43. The molecule has 0 aliphatic rings. The molecule has 0 radical (unpaired) electrons. The van der Waals surface area contributed by atoms with Crippen molar-refractivity contribution in [3.05, 3.63) is 12.4 Å². The predicted octanol–water partition coefficient (Wildman–Crippen LogP) is -0.0765. The van der Waals surface area contributed by atoms with E-state index < -0.39 is 10.0 Å². The Balaban J connectivity index is 2.70. The molecule has 0 aromatic carbocycles. The molecule has 0 bridgehead atoms.